The first-order valence-corrected chi connectivity index (χ1v) is 9.55. The molecule has 2 aliphatic heterocycles. The van der Waals surface area contributed by atoms with Gasteiger partial charge < -0.3 is 10.1 Å². The summed E-state index contributed by atoms with van der Waals surface area (Å²) < 4.78 is 5.68. The molecular weight excluding hydrogens is 332 g/mol. The van der Waals surface area contributed by atoms with Crippen LogP contribution in [0.25, 0.3) is 0 Å². The topological polar surface area (TPSA) is 75.7 Å². The van der Waals surface area contributed by atoms with Crippen LogP contribution in [0.2, 0.25) is 0 Å². The van der Waals surface area contributed by atoms with Crippen LogP contribution in [-0.4, -0.2) is 53.3 Å². The van der Waals surface area contributed by atoms with Crippen LogP contribution >= 0.6 is 0 Å². The van der Waals surface area contributed by atoms with E-state index in [1.54, 1.807) is 20.8 Å². The molecule has 144 valence electrons. The van der Waals surface area contributed by atoms with Gasteiger partial charge in [0.25, 0.3) is 0 Å². The summed E-state index contributed by atoms with van der Waals surface area (Å²) in [5.74, 6) is -1.17. The standard InChI is InChI=1S/C20H30N2O4/c1-6-21-16(24)20-14-8-7-9-15(20)19(13(2)23,12-22(20)11-10-14)17(25)26-18(3,4)5/h7,9,14-15H,6,8,10-12H2,1-5H3,(H,21,24)/t14-,15+,19?,20+/m0/s1. The second kappa shape index (κ2) is 6.19. The fraction of sp³-hybridized carbons (Fsp3) is 0.750. The van der Waals surface area contributed by atoms with Gasteiger partial charge >= 0.3 is 5.97 Å². The lowest BCUT2D eigenvalue weighted by Crippen LogP contribution is -2.61. The molecule has 1 unspecified atom stereocenters. The Labute approximate surface area is 155 Å². The van der Waals surface area contributed by atoms with Crippen molar-refractivity contribution in [1.29, 1.82) is 0 Å². The third-order valence-electron chi connectivity index (χ3n) is 6.18. The lowest BCUT2D eigenvalue weighted by atomic mass is 9.60. The number of rotatable bonds is 4. The largest absolute Gasteiger partial charge is 0.459 e. The van der Waals surface area contributed by atoms with Crippen molar-refractivity contribution >= 4 is 17.7 Å². The van der Waals surface area contributed by atoms with Gasteiger partial charge in [-0.2, -0.15) is 0 Å². The third-order valence-corrected chi connectivity index (χ3v) is 6.18. The number of hydrogen-bond acceptors (Lipinski definition) is 5. The van der Waals surface area contributed by atoms with Crippen LogP contribution in [0.3, 0.4) is 0 Å². The van der Waals surface area contributed by atoms with Crippen molar-refractivity contribution in [2.75, 3.05) is 19.6 Å². The van der Waals surface area contributed by atoms with E-state index in [0.29, 0.717) is 6.54 Å². The Hall–Kier alpha value is -1.69. The SMILES string of the molecule is CCNC(=O)[C@@]12[C@H]3CC=C[C@@H]1C(C(C)=O)(C(=O)OC(C)(C)C)CN2CC3. The van der Waals surface area contributed by atoms with Gasteiger partial charge in [-0.25, -0.2) is 0 Å². The van der Waals surface area contributed by atoms with Gasteiger partial charge in [0.2, 0.25) is 5.91 Å². The normalized spacial score (nSPS) is 35.9. The number of allylic oxidation sites excluding steroid dienone is 1. The summed E-state index contributed by atoms with van der Waals surface area (Å²) in [7, 11) is 0. The quantitative estimate of drug-likeness (QED) is 0.468. The molecule has 0 bridgehead atoms. The van der Waals surface area contributed by atoms with Crippen molar-refractivity contribution in [2.24, 2.45) is 17.3 Å². The van der Waals surface area contributed by atoms with Crippen LogP contribution in [0.15, 0.2) is 12.2 Å². The van der Waals surface area contributed by atoms with Crippen molar-refractivity contribution in [3.8, 4) is 0 Å². The lowest BCUT2D eigenvalue weighted by Gasteiger charge is -2.43. The molecule has 2 heterocycles. The average Bonchev–Trinajstić information content (AvgIpc) is 3.05. The van der Waals surface area contributed by atoms with E-state index in [0.717, 1.165) is 19.4 Å². The van der Waals surface area contributed by atoms with Gasteiger partial charge in [-0.15, -0.1) is 0 Å². The number of carbonyl (C=O) groups excluding carboxylic acids is 3. The van der Waals surface area contributed by atoms with Gasteiger partial charge in [0, 0.05) is 19.0 Å². The molecule has 3 rings (SSSR count). The molecule has 26 heavy (non-hydrogen) atoms. The number of hydrogen-bond donors (Lipinski definition) is 1. The summed E-state index contributed by atoms with van der Waals surface area (Å²) in [6.45, 7) is 10.2. The minimum Gasteiger partial charge on any atom is -0.459 e. The fourth-order valence-electron chi connectivity index (χ4n) is 5.20. The van der Waals surface area contributed by atoms with E-state index in [9.17, 15) is 14.4 Å². The molecule has 0 saturated carbocycles. The van der Waals surface area contributed by atoms with E-state index in [2.05, 4.69) is 10.2 Å². The Morgan fingerprint density at radius 2 is 2.00 bits per heavy atom. The van der Waals surface area contributed by atoms with Crippen LogP contribution in [0, 0.1) is 17.3 Å². The van der Waals surface area contributed by atoms with Gasteiger partial charge in [-0.05, 0) is 59.9 Å². The maximum absolute atomic E-state index is 13.2. The molecule has 0 aromatic carbocycles. The lowest BCUT2D eigenvalue weighted by molar-refractivity contribution is -0.171. The van der Waals surface area contributed by atoms with Gasteiger partial charge in [0.1, 0.15) is 22.3 Å². The van der Waals surface area contributed by atoms with E-state index in [1.807, 2.05) is 19.1 Å². The number of amides is 1. The molecule has 0 radical (unpaired) electrons. The highest BCUT2D eigenvalue weighted by Crippen LogP contribution is 2.59. The molecule has 0 aromatic heterocycles. The molecule has 1 amide bonds. The summed E-state index contributed by atoms with van der Waals surface area (Å²) in [6.07, 6.45) is 5.65. The van der Waals surface area contributed by atoms with Crippen LogP contribution in [0.4, 0.5) is 0 Å². The Morgan fingerprint density at radius 1 is 1.31 bits per heavy atom. The van der Waals surface area contributed by atoms with Crippen LogP contribution in [0.5, 0.6) is 0 Å². The zero-order valence-electron chi connectivity index (χ0n) is 16.4. The van der Waals surface area contributed by atoms with Gasteiger partial charge in [-0.3, -0.25) is 19.3 Å². The predicted octanol–water partition coefficient (Wildman–Crippen LogP) is 1.69. The van der Waals surface area contributed by atoms with E-state index >= 15 is 0 Å². The average molecular weight is 362 g/mol. The number of nitrogens with one attached hydrogen (secondary N) is 1. The highest BCUT2D eigenvalue weighted by molar-refractivity contribution is 6.06. The van der Waals surface area contributed by atoms with Crippen molar-refractivity contribution in [1.82, 2.24) is 10.2 Å². The third kappa shape index (κ3) is 2.45. The molecule has 1 aliphatic carbocycles. The monoisotopic (exact) mass is 362 g/mol. The highest BCUT2D eigenvalue weighted by atomic mass is 16.6. The van der Waals surface area contributed by atoms with E-state index in [1.165, 1.54) is 6.92 Å². The maximum Gasteiger partial charge on any atom is 0.322 e. The number of ether oxygens (including phenoxy) is 1. The minimum absolute atomic E-state index is 0.0662. The second-order valence-corrected chi connectivity index (χ2v) is 8.76. The number of nitrogens with zero attached hydrogens (tertiary/aromatic N) is 1. The number of likely N-dealkylation sites (N-methyl/N-ethyl adjacent to an activating group) is 1. The molecule has 2 fully saturated rings. The maximum atomic E-state index is 13.2. The number of Topliss-reactive ketones (excluding diaryl/α,β-unsaturated/α-hetero) is 1. The summed E-state index contributed by atoms with van der Waals surface area (Å²) in [5.41, 5.74) is -2.84. The zero-order valence-corrected chi connectivity index (χ0v) is 16.4. The van der Waals surface area contributed by atoms with E-state index in [-0.39, 0.29) is 24.2 Å². The summed E-state index contributed by atoms with van der Waals surface area (Å²) in [6, 6.07) is 0. The van der Waals surface area contributed by atoms with Crippen molar-refractivity contribution in [3.05, 3.63) is 12.2 Å². The number of ketones is 1. The van der Waals surface area contributed by atoms with Crippen LogP contribution < -0.4 is 5.32 Å². The first kappa shape index (κ1) is 19.1. The smallest absolute Gasteiger partial charge is 0.322 e. The number of carbonyl (C=O) groups is 3. The number of esters is 1. The van der Waals surface area contributed by atoms with Gasteiger partial charge in [-0.1, -0.05) is 12.2 Å². The molecule has 0 spiro atoms. The van der Waals surface area contributed by atoms with Crippen molar-refractivity contribution in [3.63, 3.8) is 0 Å². The first-order valence-electron chi connectivity index (χ1n) is 9.55. The fourth-order valence-corrected chi connectivity index (χ4v) is 5.20. The van der Waals surface area contributed by atoms with Crippen LogP contribution in [0.1, 0.15) is 47.5 Å². The van der Waals surface area contributed by atoms with Gasteiger partial charge in [0.05, 0.1) is 0 Å². The molecule has 3 aliphatic rings. The summed E-state index contributed by atoms with van der Waals surface area (Å²) in [5, 5.41) is 2.96. The summed E-state index contributed by atoms with van der Waals surface area (Å²) >= 11 is 0. The van der Waals surface area contributed by atoms with E-state index < -0.39 is 28.4 Å². The van der Waals surface area contributed by atoms with Crippen LogP contribution in [-0.2, 0) is 19.1 Å². The first-order chi connectivity index (χ1) is 12.1. The van der Waals surface area contributed by atoms with Crippen molar-refractivity contribution in [2.45, 2.75) is 58.6 Å². The van der Waals surface area contributed by atoms with Crippen molar-refractivity contribution < 1.29 is 19.1 Å². The molecule has 6 nitrogen and oxygen atoms in total. The highest BCUT2D eigenvalue weighted by Gasteiger charge is 2.73. The molecule has 0 aromatic rings. The predicted molar refractivity (Wildman–Crippen MR) is 97.3 cm³/mol. The van der Waals surface area contributed by atoms with E-state index in [4.69, 9.17) is 4.74 Å². The Bertz CT molecular complexity index is 665. The molecule has 2 saturated heterocycles. The molecule has 4 atom stereocenters. The molecule has 1 N–H and O–H groups in total. The Morgan fingerprint density at radius 3 is 2.58 bits per heavy atom. The molecule has 6 heteroatoms. The summed E-state index contributed by atoms with van der Waals surface area (Å²) in [4.78, 5) is 41.4. The Balaban J connectivity index is 2.13. The molecular formula is C20H30N2O4. The minimum atomic E-state index is -1.33. The zero-order chi connectivity index (χ0) is 19.3. The second-order valence-electron chi connectivity index (χ2n) is 8.76. The van der Waals surface area contributed by atoms with Gasteiger partial charge in [0.15, 0.2) is 0 Å². The Kier molecular flexibility index (Phi) is 4.54.